The molecule has 29 heavy (non-hydrogen) atoms. The highest BCUT2D eigenvalue weighted by Crippen LogP contribution is 2.31. The van der Waals surface area contributed by atoms with E-state index in [1.807, 2.05) is 6.07 Å². The number of nitrogens with one attached hydrogen (secondary N) is 1. The van der Waals surface area contributed by atoms with E-state index in [-0.39, 0.29) is 0 Å². The second-order valence-electron chi connectivity index (χ2n) is 6.35. The molecule has 0 aliphatic rings. The number of pyridine rings is 1. The first-order valence-electron chi connectivity index (χ1n) is 8.82. The lowest BCUT2D eigenvalue weighted by Gasteiger charge is -2.16. The molecular formula is C20H18N4O4S. The van der Waals surface area contributed by atoms with Gasteiger partial charge in [0.1, 0.15) is 10.4 Å². The van der Waals surface area contributed by atoms with Gasteiger partial charge in [-0.1, -0.05) is 12.1 Å². The van der Waals surface area contributed by atoms with Crippen molar-refractivity contribution in [2.24, 2.45) is 0 Å². The Bertz CT molecular complexity index is 1290. The lowest BCUT2D eigenvalue weighted by atomic mass is 10.1. The van der Waals surface area contributed by atoms with Crippen molar-refractivity contribution in [1.29, 1.82) is 0 Å². The van der Waals surface area contributed by atoms with Gasteiger partial charge in [-0.15, -0.1) is 0 Å². The highest BCUT2D eigenvalue weighted by Gasteiger charge is 2.21. The van der Waals surface area contributed by atoms with Crippen molar-refractivity contribution < 1.29 is 9.47 Å². The Kier molecular flexibility index (Phi) is 4.89. The van der Waals surface area contributed by atoms with Crippen molar-refractivity contribution in [2.75, 3.05) is 14.2 Å². The van der Waals surface area contributed by atoms with Gasteiger partial charge in [0.2, 0.25) is 0 Å². The molecular weight excluding hydrogens is 392 g/mol. The van der Waals surface area contributed by atoms with Crippen molar-refractivity contribution in [2.45, 2.75) is 13.0 Å². The Morgan fingerprint density at radius 3 is 2.59 bits per heavy atom. The van der Waals surface area contributed by atoms with Gasteiger partial charge in [-0.3, -0.25) is 14.3 Å². The fourth-order valence-electron chi connectivity index (χ4n) is 3.21. The number of benzene rings is 1. The Hall–Kier alpha value is -3.46. The summed E-state index contributed by atoms with van der Waals surface area (Å²) in [5.74, 6) is 1.10. The standard InChI is InChI=1S/C20H18N4O4S/c1-11(12-7-8-14(27-2)15(10-12)28-3)24-19(25)18-17(22-20(24)26)16(23-29-18)13-6-4-5-9-21-13/h4-11H,1-3H3,(H,22,26). The molecule has 0 aliphatic carbocycles. The zero-order chi connectivity index (χ0) is 20.5. The summed E-state index contributed by atoms with van der Waals surface area (Å²) in [4.78, 5) is 33.0. The summed E-state index contributed by atoms with van der Waals surface area (Å²) in [6.45, 7) is 1.78. The van der Waals surface area contributed by atoms with Crippen LogP contribution in [0.1, 0.15) is 18.5 Å². The van der Waals surface area contributed by atoms with Crippen LogP contribution in [0.25, 0.3) is 21.6 Å². The largest absolute Gasteiger partial charge is 0.493 e. The number of aromatic nitrogens is 4. The molecule has 1 aromatic carbocycles. The molecule has 0 saturated heterocycles. The number of aromatic amines is 1. The zero-order valence-electron chi connectivity index (χ0n) is 16.0. The van der Waals surface area contributed by atoms with Crippen LogP contribution in [0.5, 0.6) is 11.5 Å². The highest BCUT2D eigenvalue weighted by atomic mass is 32.1. The fourth-order valence-corrected chi connectivity index (χ4v) is 3.99. The monoisotopic (exact) mass is 410 g/mol. The van der Waals surface area contributed by atoms with Crippen LogP contribution in [-0.4, -0.2) is 33.1 Å². The minimum absolute atomic E-state index is 0.373. The third kappa shape index (κ3) is 3.19. The molecule has 4 rings (SSSR count). The van der Waals surface area contributed by atoms with Gasteiger partial charge in [0, 0.05) is 6.20 Å². The molecule has 1 atom stereocenters. The third-order valence-corrected chi connectivity index (χ3v) is 5.58. The third-order valence-electron chi connectivity index (χ3n) is 4.74. The van der Waals surface area contributed by atoms with E-state index in [0.717, 1.165) is 17.1 Å². The first-order valence-corrected chi connectivity index (χ1v) is 9.60. The molecule has 1 unspecified atom stereocenters. The smallest absolute Gasteiger partial charge is 0.329 e. The average molecular weight is 410 g/mol. The molecule has 0 spiro atoms. The lowest BCUT2D eigenvalue weighted by Crippen LogP contribution is -2.37. The number of hydrogen-bond acceptors (Lipinski definition) is 7. The van der Waals surface area contributed by atoms with E-state index in [4.69, 9.17) is 9.47 Å². The molecule has 9 heteroatoms. The van der Waals surface area contributed by atoms with Gasteiger partial charge < -0.3 is 14.5 Å². The van der Waals surface area contributed by atoms with Crippen LogP contribution in [0, 0.1) is 0 Å². The van der Waals surface area contributed by atoms with E-state index >= 15 is 0 Å². The van der Waals surface area contributed by atoms with Gasteiger partial charge in [0.15, 0.2) is 11.5 Å². The van der Waals surface area contributed by atoms with Crippen LogP contribution in [0.4, 0.5) is 0 Å². The molecule has 3 aromatic heterocycles. The predicted octanol–water partition coefficient (Wildman–Crippen LogP) is 2.83. The maximum absolute atomic E-state index is 13.1. The number of H-pyrrole nitrogens is 1. The Morgan fingerprint density at radius 2 is 1.90 bits per heavy atom. The lowest BCUT2D eigenvalue weighted by molar-refractivity contribution is 0.354. The first kappa shape index (κ1) is 18.9. The number of methoxy groups -OCH3 is 2. The predicted molar refractivity (Wildman–Crippen MR) is 111 cm³/mol. The van der Waals surface area contributed by atoms with Crippen molar-refractivity contribution in [3.05, 3.63) is 69.0 Å². The van der Waals surface area contributed by atoms with E-state index in [2.05, 4.69) is 14.3 Å². The zero-order valence-corrected chi connectivity index (χ0v) is 16.8. The first-order chi connectivity index (χ1) is 14.0. The number of nitrogens with zero attached hydrogens (tertiary/aromatic N) is 3. The molecule has 1 N–H and O–H groups in total. The summed E-state index contributed by atoms with van der Waals surface area (Å²) in [6, 6.07) is 10.2. The van der Waals surface area contributed by atoms with Crippen LogP contribution in [0.3, 0.4) is 0 Å². The minimum Gasteiger partial charge on any atom is -0.493 e. The second kappa shape index (κ2) is 7.51. The molecule has 0 radical (unpaired) electrons. The minimum atomic E-state index is -0.518. The highest BCUT2D eigenvalue weighted by molar-refractivity contribution is 7.13. The molecule has 148 valence electrons. The maximum Gasteiger partial charge on any atom is 0.329 e. The van der Waals surface area contributed by atoms with E-state index in [1.165, 1.54) is 11.7 Å². The second-order valence-corrected chi connectivity index (χ2v) is 7.12. The number of fused-ring (bicyclic) bond motifs is 1. The molecule has 0 fully saturated rings. The molecule has 0 aliphatic heterocycles. The molecule has 8 nitrogen and oxygen atoms in total. The molecule has 0 amide bonds. The molecule has 3 heterocycles. The summed E-state index contributed by atoms with van der Waals surface area (Å²) in [5.41, 5.74) is 1.32. The van der Waals surface area contributed by atoms with Crippen molar-refractivity contribution in [1.82, 2.24) is 18.9 Å². The van der Waals surface area contributed by atoms with Crippen LogP contribution in [0.15, 0.2) is 52.2 Å². The van der Waals surface area contributed by atoms with Gasteiger partial charge in [-0.2, -0.15) is 4.37 Å². The van der Waals surface area contributed by atoms with E-state index in [9.17, 15) is 9.59 Å². The van der Waals surface area contributed by atoms with Crippen LogP contribution in [0.2, 0.25) is 0 Å². The Balaban J connectivity index is 1.85. The van der Waals surface area contributed by atoms with Crippen molar-refractivity contribution in [3.63, 3.8) is 0 Å². The van der Waals surface area contributed by atoms with Crippen LogP contribution in [-0.2, 0) is 0 Å². The molecule has 0 saturated carbocycles. The van der Waals surface area contributed by atoms with E-state index < -0.39 is 17.3 Å². The van der Waals surface area contributed by atoms with E-state index in [0.29, 0.717) is 33.1 Å². The van der Waals surface area contributed by atoms with Crippen molar-refractivity contribution >= 4 is 21.7 Å². The quantitative estimate of drug-likeness (QED) is 0.543. The van der Waals surface area contributed by atoms with Gasteiger partial charge in [-0.25, -0.2) is 4.79 Å². The summed E-state index contributed by atoms with van der Waals surface area (Å²) in [6.07, 6.45) is 1.64. The number of ether oxygens (including phenoxy) is 2. The van der Waals surface area contributed by atoms with E-state index in [1.54, 1.807) is 50.6 Å². The topological polar surface area (TPSA) is 99.1 Å². The number of hydrogen-bond donors (Lipinski definition) is 1. The van der Waals surface area contributed by atoms with Gasteiger partial charge in [0.05, 0.1) is 31.5 Å². The Labute approximate surface area is 169 Å². The summed E-state index contributed by atoms with van der Waals surface area (Å²) < 4.78 is 16.5. The maximum atomic E-state index is 13.1. The number of rotatable bonds is 5. The fraction of sp³-hybridized carbons (Fsp3) is 0.200. The average Bonchev–Trinajstić information content (AvgIpc) is 3.17. The Morgan fingerprint density at radius 1 is 1.10 bits per heavy atom. The summed E-state index contributed by atoms with van der Waals surface area (Å²) in [7, 11) is 3.08. The van der Waals surface area contributed by atoms with Crippen molar-refractivity contribution in [3.8, 4) is 22.9 Å². The van der Waals surface area contributed by atoms with Gasteiger partial charge in [0.25, 0.3) is 5.56 Å². The normalized spacial score (nSPS) is 12.1. The molecule has 0 bridgehead atoms. The summed E-state index contributed by atoms with van der Waals surface area (Å²) in [5, 5.41) is 0. The molecule has 4 aromatic rings. The van der Waals surface area contributed by atoms with Gasteiger partial charge in [-0.05, 0) is 48.3 Å². The summed E-state index contributed by atoms with van der Waals surface area (Å²) >= 11 is 1.05. The van der Waals surface area contributed by atoms with Crippen LogP contribution >= 0.6 is 11.5 Å². The van der Waals surface area contributed by atoms with Gasteiger partial charge >= 0.3 is 5.69 Å². The van der Waals surface area contributed by atoms with Crippen LogP contribution < -0.4 is 20.7 Å². The SMILES string of the molecule is COc1ccc(C(C)n2c(=O)[nH]c3c(-c4ccccn4)nsc3c2=O)cc1OC.